The van der Waals surface area contributed by atoms with Crippen molar-refractivity contribution in [2.75, 3.05) is 18.2 Å². The van der Waals surface area contributed by atoms with Crippen molar-refractivity contribution < 1.29 is 14.7 Å². The van der Waals surface area contributed by atoms with E-state index in [9.17, 15) is 10.0 Å². The molecule has 0 amide bonds. The Hall–Kier alpha value is -1.55. The minimum atomic E-state index is -0.446. The number of benzene rings is 1. The first kappa shape index (κ1) is 10.5. The number of hydrogen-bond donors (Lipinski definition) is 1. The molecule has 0 atom stereocenters. The zero-order valence-electron chi connectivity index (χ0n) is 8.01. The second kappa shape index (κ2) is 5.24. The van der Waals surface area contributed by atoms with Crippen molar-refractivity contribution in [1.82, 2.24) is 0 Å². The number of hydroxylamine groups is 1. The molecular formula is C10H13NO3. The molecule has 0 aromatic heterocycles. The van der Waals surface area contributed by atoms with Crippen LogP contribution in [0.25, 0.3) is 0 Å². The van der Waals surface area contributed by atoms with Crippen LogP contribution < -0.4 is 5.06 Å². The van der Waals surface area contributed by atoms with Gasteiger partial charge < -0.3 is 4.74 Å². The Morgan fingerprint density at radius 1 is 1.43 bits per heavy atom. The predicted molar refractivity (Wildman–Crippen MR) is 52.2 cm³/mol. The molecule has 0 spiro atoms. The lowest BCUT2D eigenvalue weighted by atomic mass is 10.3. The largest absolute Gasteiger partial charge is 0.465 e. The molecule has 0 saturated heterocycles. The highest BCUT2D eigenvalue weighted by atomic mass is 16.5. The third-order valence-corrected chi connectivity index (χ3v) is 1.64. The number of nitrogens with zero attached hydrogens (tertiary/aromatic N) is 1. The summed E-state index contributed by atoms with van der Waals surface area (Å²) in [7, 11) is 0. The van der Waals surface area contributed by atoms with E-state index in [2.05, 4.69) is 0 Å². The summed E-state index contributed by atoms with van der Waals surface area (Å²) < 4.78 is 4.69. The molecule has 0 radical (unpaired) electrons. The summed E-state index contributed by atoms with van der Waals surface area (Å²) in [6, 6.07) is 8.81. The van der Waals surface area contributed by atoms with Crippen LogP contribution in [-0.2, 0) is 9.53 Å². The number of esters is 1. The topological polar surface area (TPSA) is 49.8 Å². The Balaban J connectivity index is 2.50. The molecule has 0 aliphatic heterocycles. The Kier molecular flexibility index (Phi) is 3.94. The molecule has 1 aromatic carbocycles. The van der Waals surface area contributed by atoms with E-state index in [1.165, 1.54) is 0 Å². The van der Waals surface area contributed by atoms with Crippen LogP contribution in [0, 0.1) is 0 Å². The normalized spacial score (nSPS) is 9.57. The van der Waals surface area contributed by atoms with Gasteiger partial charge in [-0.25, -0.2) is 5.06 Å². The van der Waals surface area contributed by atoms with E-state index < -0.39 is 5.97 Å². The smallest absolute Gasteiger partial charge is 0.328 e. The first-order valence-corrected chi connectivity index (χ1v) is 4.41. The van der Waals surface area contributed by atoms with E-state index in [-0.39, 0.29) is 6.54 Å². The fourth-order valence-corrected chi connectivity index (χ4v) is 1.02. The molecule has 76 valence electrons. The molecule has 0 unspecified atom stereocenters. The molecular weight excluding hydrogens is 182 g/mol. The first-order valence-electron chi connectivity index (χ1n) is 4.41. The maximum atomic E-state index is 11.0. The summed E-state index contributed by atoms with van der Waals surface area (Å²) in [6.07, 6.45) is 0. The molecule has 1 N–H and O–H groups in total. The molecule has 0 bridgehead atoms. The summed E-state index contributed by atoms with van der Waals surface area (Å²) >= 11 is 0. The number of carbonyl (C=O) groups excluding carboxylic acids is 1. The zero-order chi connectivity index (χ0) is 10.4. The molecule has 0 aliphatic rings. The number of hydrogen-bond acceptors (Lipinski definition) is 4. The van der Waals surface area contributed by atoms with Crippen molar-refractivity contribution in [1.29, 1.82) is 0 Å². The summed E-state index contributed by atoms with van der Waals surface area (Å²) in [5.74, 6) is -0.446. The Morgan fingerprint density at radius 3 is 2.64 bits per heavy atom. The average molecular weight is 195 g/mol. The van der Waals surface area contributed by atoms with Gasteiger partial charge in [0.1, 0.15) is 6.54 Å². The van der Waals surface area contributed by atoms with Crippen LogP contribution in [0.15, 0.2) is 30.3 Å². The van der Waals surface area contributed by atoms with Gasteiger partial charge >= 0.3 is 5.97 Å². The van der Waals surface area contributed by atoms with Crippen molar-refractivity contribution in [3.05, 3.63) is 30.3 Å². The third kappa shape index (κ3) is 3.06. The molecule has 1 aromatic rings. The quantitative estimate of drug-likeness (QED) is 0.583. The highest BCUT2D eigenvalue weighted by Gasteiger charge is 2.08. The van der Waals surface area contributed by atoms with E-state index >= 15 is 0 Å². The van der Waals surface area contributed by atoms with Gasteiger partial charge in [-0.05, 0) is 19.1 Å². The Bertz CT molecular complexity index is 287. The molecule has 14 heavy (non-hydrogen) atoms. The van der Waals surface area contributed by atoms with Crippen molar-refractivity contribution in [2.24, 2.45) is 0 Å². The van der Waals surface area contributed by atoms with Gasteiger partial charge in [-0.2, -0.15) is 0 Å². The second-order valence-corrected chi connectivity index (χ2v) is 2.70. The standard InChI is InChI=1S/C10H13NO3/c1-2-14-10(12)8-11(13)9-6-4-3-5-7-9/h3-7,13H,2,8H2,1H3. The fourth-order valence-electron chi connectivity index (χ4n) is 1.02. The molecule has 4 heteroatoms. The van der Waals surface area contributed by atoms with Crippen molar-refractivity contribution in [3.8, 4) is 0 Å². The second-order valence-electron chi connectivity index (χ2n) is 2.70. The van der Waals surface area contributed by atoms with E-state index in [0.29, 0.717) is 12.3 Å². The minimum absolute atomic E-state index is 0.155. The molecule has 0 saturated carbocycles. The van der Waals surface area contributed by atoms with E-state index in [0.717, 1.165) is 5.06 Å². The SMILES string of the molecule is CCOC(=O)CN(O)c1ccccc1. The van der Waals surface area contributed by atoms with Gasteiger partial charge in [-0.1, -0.05) is 18.2 Å². The maximum Gasteiger partial charge on any atom is 0.328 e. The number of anilines is 1. The molecule has 0 aliphatic carbocycles. The summed E-state index contributed by atoms with van der Waals surface area (Å²) in [5, 5.41) is 10.3. The number of ether oxygens (including phenoxy) is 1. The van der Waals surface area contributed by atoms with Gasteiger partial charge in [0.25, 0.3) is 0 Å². The lowest BCUT2D eigenvalue weighted by molar-refractivity contribution is -0.142. The van der Waals surface area contributed by atoms with Crippen LogP contribution in [0.4, 0.5) is 5.69 Å². The van der Waals surface area contributed by atoms with Crippen LogP contribution in [0.5, 0.6) is 0 Å². The van der Waals surface area contributed by atoms with Crippen LogP contribution in [0.3, 0.4) is 0 Å². The molecule has 0 fully saturated rings. The van der Waals surface area contributed by atoms with Gasteiger partial charge in [0.05, 0.1) is 12.3 Å². The maximum absolute atomic E-state index is 11.0. The van der Waals surface area contributed by atoms with E-state index in [1.54, 1.807) is 31.2 Å². The third-order valence-electron chi connectivity index (χ3n) is 1.64. The van der Waals surface area contributed by atoms with Gasteiger partial charge in [0, 0.05) is 0 Å². The van der Waals surface area contributed by atoms with Gasteiger partial charge in [0.15, 0.2) is 0 Å². The Labute approximate surface area is 82.7 Å². The van der Waals surface area contributed by atoms with Crippen molar-refractivity contribution in [2.45, 2.75) is 6.92 Å². The van der Waals surface area contributed by atoms with E-state index in [1.807, 2.05) is 6.07 Å². The first-order chi connectivity index (χ1) is 6.74. The molecule has 0 heterocycles. The summed E-state index contributed by atoms with van der Waals surface area (Å²) in [6.45, 7) is 1.89. The highest BCUT2D eigenvalue weighted by molar-refractivity contribution is 5.74. The molecule has 4 nitrogen and oxygen atoms in total. The highest BCUT2D eigenvalue weighted by Crippen LogP contribution is 2.09. The Morgan fingerprint density at radius 2 is 2.07 bits per heavy atom. The number of carbonyl (C=O) groups is 1. The average Bonchev–Trinajstić information content (AvgIpc) is 2.19. The lowest BCUT2D eigenvalue weighted by Gasteiger charge is -2.15. The predicted octanol–water partition coefficient (Wildman–Crippen LogP) is 1.45. The number of rotatable bonds is 4. The molecule has 1 rings (SSSR count). The van der Waals surface area contributed by atoms with Crippen LogP contribution in [0.2, 0.25) is 0 Å². The van der Waals surface area contributed by atoms with Crippen LogP contribution >= 0.6 is 0 Å². The number of para-hydroxylation sites is 1. The van der Waals surface area contributed by atoms with Crippen molar-refractivity contribution in [3.63, 3.8) is 0 Å². The van der Waals surface area contributed by atoms with Gasteiger partial charge in [-0.3, -0.25) is 10.0 Å². The summed E-state index contributed by atoms with van der Waals surface area (Å²) in [5.41, 5.74) is 0.570. The fraction of sp³-hybridized carbons (Fsp3) is 0.300. The monoisotopic (exact) mass is 195 g/mol. The van der Waals surface area contributed by atoms with Crippen LogP contribution in [0.1, 0.15) is 6.92 Å². The minimum Gasteiger partial charge on any atom is -0.465 e. The lowest BCUT2D eigenvalue weighted by Crippen LogP contribution is -2.27. The van der Waals surface area contributed by atoms with E-state index in [4.69, 9.17) is 4.74 Å². The zero-order valence-corrected chi connectivity index (χ0v) is 8.01. The van der Waals surface area contributed by atoms with Gasteiger partial charge in [-0.15, -0.1) is 0 Å². The van der Waals surface area contributed by atoms with Crippen LogP contribution in [-0.4, -0.2) is 24.3 Å². The summed E-state index contributed by atoms with van der Waals surface area (Å²) in [4.78, 5) is 11.0. The van der Waals surface area contributed by atoms with Gasteiger partial charge in [0.2, 0.25) is 0 Å². The van der Waals surface area contributed by atoms with Crippen molar-refractivity contribution >= 4 is 11.7 Å².